The Hall–Kier alpha value is -1.56. The highest BCUT2D eigenvalue weighted by Gasteiger charge is 2.62. The lowest BCUT2D eigenvalue weighted by Gasteiger charge is -2.52. The monoisotopic (exact) mass is 468 g/mol. The fourth-order valence-electron chi connectivity index (χ4n) is 10.2. The third kappa shape index (κ3) is 3.93. The van der Waals surface area contributed by atoms with Gasteiger partial charge < -0.3 is 0 Å². The molecule has 0 heterocycles. The van der Waals surface area contributed by atoms with Crippen molar-refractivity contribution in [1.82, 2.24) is 0 Å². The Morgan fingerprint density at radius 2 is 1.03 bits per heavy atom. The fraction of sp³-hybridized carbons (Fsp3) is 0.657. The quantitative estimate of drug-likeness (QED) is 0.419. The van der Waals surface area contributed by atoms with E-state index in [2.05, 4.69) is 81.4 Å². The van der Waals surface area contributed by atoms with Crippen molar-refractivity contribution >= 4 is 0 Å². The highest BCUT2D eigenvalue weighted by atomic mass is 14.7. The number of hydrogen-bond acceptors (Lipinski definition) is 0. The van der Waals surface area contributed by atoms with E-state index in [1.165, 1.54) is 70.6 Å². The molecule has 0 N–H and O–H groups in total. The van der Waals surface area contributed by atoms with E-state index in [-0.39, 0.29) is 5.41 Å². The zero-order valence-corrected chi connectivity index (χ0v) is 22.6. The zero-order valence-electron chi connectivity index (χ0n) is 22.6. The molecule has 2 aromatic carbocycles. The van der Waals surface area contributed by atoms with Gasteiger partial charge in [-0.05, 0) is 103 Å². The average Bonchev–Trinajstić information content (AvgIpc) is 3.53. The molecule has 0 aromatic heterocycles. The summed E-state index contributed by atoms with van der Waals surface area (Å²) in [4.78, 5) is 0. The predicted molar refractivity (Wildman–Crippen MR) is 148 cm³/mol. The zero-order chi connectivity index (χ0) is 24.0. The molecule has 0 spiro atoms. The molecule has 4 saturated carbocycles. The van der Waals surface area contributed by atoms with E-state index in [4.69, 9.17) is 0 Å². The molecule has 4 aliphatic carbocycles. The second-order valence-electron chi connectivity index (χ2n) is 13.9. The molecule has 0 amide bonds. The van der Waals surface area contributed by atoms with E-state index in [1.54, 1.807) is 11.1 Å². The van der Waals surface area contributed by atoms with E-state index >= 15 is 0 Å². The van der Waals surface area contributed by atoms with Crippen LogP contribution in [-0.4, -0.2) is 0 Å². The van der Waals surface area contributed by atoms with Crippen LogP contribution >= 0.6 is 0 Å². The van der Waals surface area contributed by atoms with E-state index in [1.807, 2.05) is 0 Å². The molecule has 6 atom stereocenters. The van der Waals surface area contributed by atoms with Crippen LogP contribution < -0.4 is 0 Å². The van der Waals surface area contributed by atoms with Crippen LogP contribution in [-0.2, 0) is 5.41 Å². The minimum absolute atomic E-state index is 0.188. The molecule has 6 rings (SSSR count). The SMILES string of the molecule is CC(C)(C)C1CCC2C(C1)C1CCCCC1C2C(c1ccccc1)(c1ccccc1)C1CCCC1. The van der Waals surface area contributed by atoms with Gasteiger partial charge in [0.1, 0.15) is 0 Å². The Labute approximate surface area is 215 Å². The van der Waals surface area contributed by atoms with Gasteiger partial charge in [-0.15, -0.1) is 0 Å². The van der Waals surface area contributed by atoms with Gasteiger partial charge in [-0.25, -0.2) is 0 Å². The van der Waals surface area contributed by atoms with Gasteiger partial charge in [0.15, 0.2) is 0 Å². The maximum absolute atomic E-state index is 2.53. The van der Waals surface area contributed by atoms with Crippen LogP contribution in [0.3, 0.4) is 0 Å². The van der Waals surface area contributed by atoms with Crippen molar-refractivity contribution in [2.75, 3.05) is 0 Å². The van der Waals surface area contributed by atoms with Crippen LogP contribution in [0.1, 0.15) is 103 Å². The van der Waals surface area contributed by atoms with Gasteiger partial charge in [0, 0.05) is 5.41 Å². The summed E-state index contributed by atoms with van der Waals surface area (Å²) in [5.74, 6) is 6.25. The second kappa shape index (κ2) is 9.39. The molecule has 0 nitrogen and oxygen atoms in total. The number of fused-ring (bicyclic) bond motifs is 3. The number of hydrogen-bond donors (Lipinski definition) is 0. The van der Waals surface area contributed by atoms with Crippen molar-refractivity contribution in [2.45, 2.75) is 96.8 Å². The first-order valence-corrected chi connectivity index (χ1v) is 15.1. The Kier molecular flexibility index (Phi) is 6.39. The van der Waals surface area contributed by atoms with Crippen molar-refractivity contribution in [2.24, 2.45) is 46.8 Å². The van der Waals surface area contributed by atoms with Crippen LogP contribution in [0.25, 0.3) is 0 Å². The van der Waals surface area contributed by atoms with E-state index < -0.39 is 0 Å². The summed E-state index contributed by atoms with van der Waals surface area (Å²) in [6.45, 7) is 7.54. The molecule has 6 unspecified atom stereocenters. The fourth-order valence-corrected chi connectivity index (χ4v) is 10.2. The van der Waals surface area contributed by atoms with Crippen LogP contribution in [0.5, 0.6) is 0 Å². The van der Waals surface area contributed by atoms with Gasteiger partial charge in [-0.2, -0.15) is 0 Å². The minimum Gasteiger partial charge on any atom is -0.0622 e. The average molecular weight is 469 g/mol. The van der Waals surface area contributed by atoms with Crippen molar-refractivity contribution in [3.05, 3.63) is 71.8 Å². The summed E-state index contributed by atoms with van der Waals surface area (Å²) < 4.78 is 0. The Morgan fingerprint density at radius 1 is 0.514 bits per heavy atom. The summed E-state index contributed by atoms with van der Waals surface area (Å²) in [6, 6.07) is 23.9. The molecule has 0 aliphatic heterocycles. The summed E-state index contributed by atoms with van der Waals surface area (Å²) in [7, 11) is 0. The van der Waals surface area contributed by atoms with Crippen molar-refractivity contribution in [3.63, 3.8) is 0 Å². The third-order valence-electron chi connectivity index (χ3n) is 11.6. The van der Waals surface area contributed by atoms with E-state index in [0.29, 0.717) is 5.41 Å². The Morgan fingerprint density at radius 3 is 1.60 bits per heavy atom. The van der Waals surface area contributed by atoms with Gasteiger partial charge in [-0.3, -0.25) is 0 Å². The maximum Gasteiger partial charge on any atom is 0.0264 e. The molecule has 35 heavy (non-hydrogen) atoms. The standard InChI is InChI=1S/C35H48/c1-34(2,3)28-22-23-31-32(24-28)29-20-12-13-21-30(29)33(31)35(27-18-10-11-19-27,25-14-6-4-7-15-25)26-16-8-5-9-17-26/h4-9,14-17,27-33H,10-13,18-24H2,1-3H3. The van der Waals surface area contributed by atoms with Crippen LogP contribution in [0, 0.1) is 46.8 Å². The molecular weight excluding hydrogens is 420 g/mol. The van der Waals surface area contributed by atoms with Crippen molar-refractivity contribution in [3.8, 4) is 0 Å². The Balaban J connectivity index is 1.54. The second-order valence-corrected chi connectivity index (χ2v) is 13.9. The molecule has 4 fully saturated rings. The molecular formula is C35H48. The Bertz CT molecular complexity index is 921. The van der Waals surface area contributed by atoms with Crippen molar-refractivity contribution in [1.29, 1.82) is 0 Å². The largest absolute Gasteiger partial charge is 0.0622 e. The van der Waals surface area contributed by atoms with Gasteiger partial charge in [-0.1, -0.05) is 107 Å². The van der Waals surface area contributed by atoms with E-state index in [0.717, 1.165) is 41.4 Å². The van der Waals surface area contributed by atoms with Crippen LogP contribution in [0.2, 0.25) is 0 Å². The minimum atomic E-state index is 0.188. The normalized spacial score (nSPS) is 33.9. The molecule has 4 aliphatic rings. The van der Waals surface area contributed by atoms with E-state index in [9.17, 15) is 0 Å². The van der Waals surface area contributed by atoms with Gasteiger partial charge >= 0.3 is 0 Å². The smallest absolute Gasteiger partial charge is 0.0264 e. The summed E-state index contributed by atoms with van der Waals surface area (Å²) in [5, 5.41) is 0. The molecule has 0 radical (unpaired) electrons. The highest BCUT2D eigenvalue weighted by molar-refractivity contribution is 5.43. The topological polar surface area (TPSA) is 0 Å². The molecule has 0 heteroatoms. The first kappa shape index (κ1) is 23.8. The molecule has 0 saturated heterocycles. The van der Waals surface area contributed by atoms with Crippen LogP contribution in [0.15, 0.2) is 60.7 Å². The van der Waals surface area contributed by atoms with Gasteiger partial charge in [0.25, 0.3) is 0 Å². The molecule has 2 aromatic rings. The predicted octanol–water partition coefficient (Wildman–Crippen LogP) is 9.68. The van der Waals surface area contributed by atoms with Crippen LogP contribution in [0.4, 0.5) is 0 Å². The summed E-state index contributed by atoms with van der Waals surface area (Å²) in [5.41, 5.74) is 3.93. The van der Waals surface area contributed by atoms with Gasteiger partial charge in [0.05, 0.1) is 0 Å². The third-order valence-corrected chi connectivity index (χ3v) is 11.6. The lowest BCUT2D eigenvalue weighted by molar-refractivity contribution is 0.0601. The molecule has 188 valence electrons. The lowest BCUT2D eigenvalue weighted by Crippen LogP contribution is -2.48. The highest BCUT2D eigenvalue weighted by Crippen LogP contribution is 2.67. The van der Waals surface area contributed by atoms with Gasteiger partial charge in [0.2, 0.25) is 0 Å². The summed E-state index contributed by atoms with van der Waals surface area (Å²) >= 11 is 0. The maximum atomic E-state index is 2.53. The summed E-state index contributed by atoms with van der Waals surface area (Å²) in [6.07, 6.45) is 16.0. The lowest BCUT2D eigenvalue weighted by atomic mass is 9.52. The first-order valence-electron chi connectivity index (χ1n) is 15.1. The first-order chi connectivity index (χ1) is 17.0. The molecule has 0 bridgehead atoms. The number of rotatable bonds is 4. The van der Waals surface area contributed by atoms with Crippen molar-refractivity contribution < 1.29 is 0 Å². The number of benzene rings is 2.